The van der Waals surface area contributed by atoms with E-state index in [0.717, 1.165) is 39.9 Å². The summed E-state index contributed by atoms with van der Waals surface area (Å²) in [6, 6.07) is 33.5. The number of amides is 1. The first-order valence-electron chi connectivity index (χ1n) is 15.6. The average molecular weight is 607 g/mol. The molecule has 0 aliphatic carbocycles. The minimum absolute atomic E-state index is 0.109. The molecule has 6 heteroatoms. The van der Waals surface area contributed by atoms with E-state index in [4.69, 9.17) is 4.74 Å². The lowest BCUT2D eigenvalue weighted by Crippen LogP contribution is -2.69. The van der Waals surface area contributed by atoms with Gasteiger partial charge in [0.15, 0.2) is 11.9 Å². The van der Waals surface area contributed by atoms with E-state index >= 15 is 0 Å². The quantitative estimate of drug-likeness (QED) is 0.128. The van der Waals surface area contributed by atoms with Crippen LogP contribution >= 0.6 is 0 Å². The first-order chi connectivity index (χ1) is 21.4. The predicted molar refractivity (Wildman–Crippen MR) is 183 cm³/mol. The van der Waals surface area contributed by atoms with Gasteiger partial charge in [-0.2, -0.15) is 0 Å². The Morgan fingerprint density at radius 3 is 1.67 bits per heavy atom. The number of hydrogen-bond donors (Lipinski definition) is 1. The van der Waals surface area contributed by atoms with Crippen LogP contribution in [-0.4, -0.2) is 33.6 Å². The van der Waals surface area contributed by atoms with Gasteiger partial charge in [-0.3, -0.25) is 9.69 Å². The third-order valence-corrected chi connectivity index (χ3v) is 8.06. The summed E-state index contributed by atoms with van der Waals surface area (Å²) >= 11 is 0. The zero-order chi connectivity index (χ0) is 32.8. The van der Waals surface area contributed by atoms with Gasteiger partial charge in [0.25, 0.3) is 0 Å². The number of para-hydroxylation sites is 2. The molecule has 1 atom stereocenters. The molecule has 0 aliphatic heterocycles. The van der Waals surface area contributed by atoms with Crippen molar-refractivity contribution in [3.63, 3.8) is 0 Å². The molecule has 0 spiro atoms. The molecule has 4 aromatic rings. The third kappa shape index (κ3) is 7.39. The third-order valence-electron chi connectivity index (χ3n) is 8.06. The summed E-state index contributed by atoms with van der Waals surface area (Å²) in [4.78, 5) is 30.6. The van der Waals surface area contributed by atoms with E-state index in [1.807, 2.05) is 117 Å². The van der Waals surface area contributed by atoms with Crippen molar-refractivity contribution in [1.82, 2.24) is 4.90 Å². The number of benzene rings is 4. The first kappa shape index (κ1) is 33.3. The highest BCUT2D eigenvalue weighted by Gasteiger charge is 2.51. The van der Waals surface area contributed by atoms with Crippen molar-refractivity contribution in [3.8, 4) is 5.75 Å². The highest BCUT2D eigenvalue weighted by Crippen LogP contribution is 2.45. The van der Waals surface area contributed by atoms with Gasteiger partial charge in [0.1, 0.15) is 12.4 Å². The van der Waals surface area contributed by atoms with E-state index < -0.39 is 17.3 Å². The number of aldehydes is 1. The molecule has 236 valence electrons. The Balaban J connectivity index is 1.94. The van der Waals surface area contributed by atoms with E-state index in [9.17, 15) is 14.7 Å². The lowest BCUT2D eigenvalue weighted by atomic mass is 9.88. The molecular weight excluding hydrogens is 560 g/mol. The molecule has 1 N–H and O–H groups in total. The Hall–Kier alpha value is -4.58. The van der Waals surface area contributed by atoms with Crippen molar-refractivity contribution >= 4 is 23.8 Å². The van der Waals surface area contributed by atoms with Crippen molar-refractivity contribution in [2.45, 2.75) is 84.5 Å². The Morgan fingerprint density at radius 1 is 0.733 bits per heavy atom. The number of carbonyl (C=O) groups excluding carboxylic acids is 1. The molecule has 0 saturated carbocycles. The summed E-state index contributed by atoms with van der Waals surface area (Å²) in [7, 11) is 0. The van der Waals surface area contributed by atoms with Crippen LogP contribution in [-0.2, 0) is 17.8 Å². The molecule has 0 bridgehead atoms. The fourth-order valence-corrected chi connectivity index (χ4v) is 6.09. The maximum absolute atomic E-state index is 13.9. The van der Waals surface area contributed by atoms with E-state index in [0.29, 0.717) is 12.4 Å². The predicted octanol–water partition coefficient (Wildman–Crippen LogP) is 9.57. The summed E-state index contributed by atoms with van der Waals surface area (Å²) in [5.74, 6) is 0.929. The summed E-state index contributed by atoms with van der Waals surface area (Å²) in [5, 5.41) is 10.9. The van der Waals surface area contributed by atoms with Crippen molar-refractivity contribution < 1.29 is 19.4 Å². The molecule has 0 aliphatic rings. The van der Waals surface area contributed by atoms with Crippen LogP contribution in [0.1, 0.15) is 82.6 Å². The Bertz CT molecular complexity index is 1520. The highest BCUT2D eigenvalue weighted by atomic mass is 16.5. The summed E-state index contributed by atoms with van der Waals surface area (Å²) in [6.45, 7) is 14.4. The van der Waals surface area contributed by atoms with Crippen molar-refractivity contribution in [3.05, 3.63) is 125 Å². The number of hydrogen-bond acceptors (Lipinski definition) is 4. The fraction of sp³-hybridized carbons (Fsp3) is 0.333. The van der Waals surface area contributed by atoms with Crippen molar-refractivity contribution in [2.75, 3.05) is 4.90 Å². The van der Waals surface area contributed by atoms with E-state index in [1.165, 1.54) is 4.90 Å². The molecular formula is C39H46N2O4. The lowest BCUT2D eigenvalue weighted by Gasteiger charge is -2.53. The lowest BCUT2D eigenvalue weighted by molar-refractivity contribution is -0.120. The van der Waals surface area contributed by atoms with Crippen LogP contribution < -0.4 is 9.64 Å². The molecule has 1 amide bonds. The van der Waals surface area contributed by atoms with Gasteiger partial charge >= 0.3 is 6.09 Å². The van der Waals surface area contributed by atoms with Gasteiger partial charge in [-0.1, -0.05) is 107 Å². The molecule has 0 aromatic heterocycles. The van der Waals surface area contributed by atoms with E-state index in [-0.39, 0.29) is 18.3 Å². The second-order valence-electron chi connectivity index (χ2n) is 13.1. The minimum Gasteiger partial charge on any atom is -0.489 e. The summed E-state index contributed by atoms with van der Waals surface area (Å²) in [6.07, 6.45) is -0.246. The largest absolute Gasteiger partial charge is 0.489 e. The van der Waals surface area contributed by atoms with Gasteiger partial charge in [0.2, 0.25) is 0 Å². The second kappa shape index (κ2) is 14.0. The van der Waals surface area contributed by atoms with Gasteiger partial charge in [-0.05, 0) is 79.1 Å². The molecule has 0 saturated heterocycles. The SMILES string of the molecule is CC(C)c1ccccc1N(c1ccccc1C(C)C)C(C=O)(Cc1ccc(OCc2ccccc2)cc1)N(C(=O)O)C(C)(C)C. The topological polar surface area (TPSA) is 70.1 Å². The van der Waals surface area contributed by atoms with Gasteiger partial charge in [0, 0.05) is 23.3 Å². The molecule has 0 heterocycles. The number of nitrogens with zero attached hydrogens (tertiary/aromatic N) is 2. The summed E-state index contributed by atoms with van der Waals surface area (Å²) in [5.41, 5.74) is 2.93. The van der Waals surface area contributed by atoms with Crippen LogP contribution in [0, 0.1) is 0 Å². The first-order valence-corrected chi connectivity index (χ1v) is 15.6. The van der Waals surface area contributed by atoms with Gasteiger partial charge in [-0.25, -0.2) is 4.79 Å². The van der Waals surface area contributed by atoms with Crippen LogP contribution in [0.25, 0.3) is 0 Å². The molecule has 45 heavy (non-hydrogen) atoms. The number of carbonyl (C=O) groups is 2. The number of rotatable bonds is 12. The molecule has 6 nitrogen and oxygen atoms in total. The molecule has 4 aromatic carbocycles. The fourth-order valence-electron chi connectivity index (χ4n) is 6.09. The van der Waals surface area contributed by atoms with Gasteiger partial charge in [0.05, 0.1) is 0 Å². The zero-order valence-electron chi connectivity index (χ0n) is 27.5. The monoisotopic (exact) mass is 606 g/mol. The normalized spacial score (nSPS) is 12.9. The minimum atomic E-state index is -1.65. The number of carboxylic acid groups (broad SMARTS) is 1. The maximum Gasteiger partial charge on any atom is 0.409 e. The zero-order valence-corrected chi connectivity index (χ0v) is 27.5. The Kier molecular flexibility index (Phi) is 10.4. The van der Waals surface area contributed by atoms with Crippen LogP contribution in [0.2, 0.25) is 0 Å². The average Bonchev–Trinajstić information content (AvgIpc) is 3.00. The molecule has 1 unspecified atom stereocenters. The number of anilines is 2. The molecule has 4 rings (SSSR count). The Morgan fingerprint density at radius 2 is 1.22 bits per heavy atom. The van der Waals surface area contributed by atoms with Crippen LogP contribution in [0.3, 0.4) is 0 Å². The van der Waals surface area contributed by atoms with Gasteiger partial charge in [-0.15, -0.1) is 0 Å². The van der Waals surface area contributed by atoms with Crippen LogP contribution in [0.15, 0.2) is 103 Å². The Labute approximate surface area is 268 Å². The molecule has 0 fully saturated rings. The van der Waals surface area contributed by atoms with Gasteiger partial charge < -0.3 is 14.7 Å². The second-order valence-corrected chi connectivity index (χ2v) is 13.1. The van der Waals surface area contributed by atoms with E-state index in [2.05, 4.69) is 39.8 Å². The molecule has 0 radical (unpaired) electrons. The summed E-state index contributed by atoms with van der Waals surface area (Å²) < 4.78 is 6.03. The van der Waals surface area contributed by atoms with Crippen LogP contribution in [0.4, 0.5) is 16.2 Å². The van der Waals surface area contributed by atoms with E-state index in [1.54, 1.807) is 0 Å². The number of ether oxygens (including phenoxy) is 1. The van der Waals surface area contributed by atoms with Crippen LogP contribution in [0.5, 0.6) is 5.75 Å². The standard InChI is InChI=1S/C39H46N2O4/c1-28(2)33-17-11-13-19-35(33)40(36-20-14-12-18-34(36)29(3)4)39(27-42,41(37(43)44)38(5,6)7)25-30-21-23-32(24-22-30)45-26-31-15-9-8-10-16-31/h8-24,27-29H,25-26H2,1-7H3,(H,43,44). The maximum atomic E-state index is 13.9. The van der Waals surface area contributed by atoms with Crippen molar-refractivity contribution in [1.29, 1.82) is 0 Å². The highest BCUT2D eigenvalue weighted by molar-refractivity contribution is 5.86. The smallest absolute Gasteiger partial charge is 0.409 e. The van der Waals surface area contributed by atoms with Crippen molar-refractivity contribution in [2.24, 2.45) is 0 Å².